The molecule has 9 nitrogen and oxygen atoms in total. The molecule has 1 N–H and O–H groups in total. The first-order chi connectivity index (χ1) is 20.2. The Balaban J connectivity index is 1.50. The largest absolute Gasteiger partial charge is 0.454 e. The van der Waals surface area contributed by atoms with Crippen LogP contribution in [0.2, 0.25) is 0 Å². The molecule has 42 heavy (non-hydrogen) atoms. The third-order valence-electron chi connectivity index (χ3n) is 7.77. The zero-order valence-corrected chi connectivity index (χ0v) is 24.8. The Labute approximate surface area is 247 Å². The summed E-state index contributed by atoms with van der Waals surface area (Å²) in [7, 11) is -3.88. The van der Waals surface area contributed by atoms with Gasteiger partial charge >= 0.3 is 0 Å². The number of nitrogens with one attached hydrogen (secondary N) is 1. The Morgan fingerprint density at radius 1 is 0.929 bits per heavy atom. The molecule has 2 amide bonds. The lowest BCUT2D eigenvalue weighted by atomic mass is 10.0. The van der Waals surface area contributed by atoms with E-state index >= 15 is 0 Å². The number of rotatable bonds is 11. The molecule has 0 unspecified atom stereocenters. The third-order valence-corrected chi connectivity index (χ3v) is 8.91. The minimum absolute atomic E-state index is 0.0399. The van der Waals surface area contributed by atoms with Crippen LogP contribution in [0.5, 0.6) is 11.5 Å². The number of benzene rings is 3. The van der Waals surface area contributed by atoms with Crippen molar-refractivity contribution in [2.24, 2.45) is 0 Å². The van der Waals surface area contributed by atoms with Crippen LogP contribution < -0.4 is 19.1 Å². The number of nitrogens with zero attached hydrogens (tertiary/aromatic N) is 2. The Bertz CT molecular complexity index is 1500. The van der Waals surface area contributed by atoms with Crippen LogP contribution in [-0.4, -0.2) is 56.8 Å². The molecule has 10 heteroatoms. The molecule has 1 heterocycles. The smallest absolute Gasteiger partial charge is 0.244 e. The SMILES string of the molecule is Cc1ccc(CN(C(=O)CN(c2ccc3c(c2)OCO3)S(C)(=O)=O)[C@@H](Cc2ccccc2)C(=O)NC2CCCC2)cc1. The summed E-state index contributed by atoms with van der Waals surface area (Å²) in [6, 6.07) is 21.3. The number of sulfonamides is 1. The normalized spacial score (nSPS) is 15.3. The summed E-state index contributed by atoms with van der Waals surface area (Å²) in [5.41, 5.74) is 3.10. The molecule has 1 aliphatic carbocycles. The van der Waals surface area contributed by atoms with Crippen molar-refractivity contribution in [2.75, 3.05) is 23.9 Å². The number of ether oxygens (including phenoxy) is 2. The number of hydrogen-bond acceptors (Lipinski definition) is 6. The van der Waals surface area contributed by atoms with Crippen molar-refractivity contribution in [3.05, 3.63) is 89.5 Å². The summed E-state index contributed by atoms with van der Waals surface area (Å²) in [4.78, 5) is 29.7. The Kier molecular flexibility index (Phi) is 9.01. The molecule has 1 saturated carbocycles. The lowest BCUT2D eigenvalue weighted by Gasteiger charge is -2.34. The standard InChI is InChI=1S/C32H37N3O6S/c1-23-12-14-25(15-13-23)20-34(28(18-24-8-4-3-5-9-24)32(37)33-26-10-6-7-11-26)31(36)21-35(42(2,38)39)27-16-17-29-30(19-27)41-22-40-29/h3-5,8-9,12-17,19,26,28H,6-7,10-11,18,20-22H2,1-2H3,(H,33,37)/t28-/m0/s1. The van der Waals surface area contributed by atoms with Crippen molar-refractivity contribution in [2.45, 2.75) is 57.7 Å². The predicted molar refractivity (Wildman–Crippen MR) is 161 cm³/mol. The van der Waals surface area contributed by atoms with E-state index in [9.17, 15) is 18.0 Å². The Morgan fingerprint density at radius 3 is 2.31 bits per heavy atom. The highest BCUT2D eigenvalue weighted by atomic mass is 32.2. The number of carbonyl (C=O) groups excluding carboxylic acids is 2. The molecule has 3 aromatic carbocycles. The second-order valence-corrected chi connectivity index (χ2v) is 12.9. The second-order valence-electron chi connectivity index (χ2n) is 11.0. The van der Waals surface area contributed by atoms with E-state index in [0.717, 1.165) is 52.9 Å². The summed E-state index contributed by atoms with van der Waals surface area (Å²) < 4.78 is 37.9. The zero-order valence-electron chi connectivity index (χ0n) is 24.0. The molecule has 0 radical (unpaired) electrons. The van der Waals surface area contributed by atoms with Gasteiger partial charge in [0.1, 0.15) is 12.6 Å². The maximum atomic E-state index is 14.2. The first-order valence-corrected chi connectivity index (χ1v) is 16.1. The Hall–Kier alpha value is -4.05. The van der Waals surface area contributed by atoms with Gasteiger partial charge in [0.05, 0.1) is 11.9 Å². The molecular formula is C32H37N3O6S. The highest BCUT2D eigenvalue weighted by molar-refractivity contribution is 7.92. The third kappa shape index (κ3) is 7.23. The van der Waals surface area contributed by atoms with E-state index in [1.807, 2.05) is 61.5 Å². The monoisotopic (exact) mass is 591 g/mol. The lowest BCUT2D eigenvalue weighted by molar-refractivity contribution is -0.140. The van der Waals surface area contributed by atoms with Gasteiger partial charge in [-0.2, -0.15) is 0 Å². The molecule has 1 fully saturated rings. The van der Waals surface area contributed by atoms with Crippen LogP contribution in [0.25, 0.3) is 0 Å². The average Bonchev–Trinajstić information content (AvgIpc) is 3.66. The molecule has 0 saturated heterocycles. The van der Waals surface area contributed by atoms with Crippen LogP contribution in [0.3, 0.4) is 0 Å². The van der Waals surface area contributed by atoms with E-state index in [2.05, 4.69) is 5.32 Å². The topological polar surface area (TPSA) is 105 Å². The number of fused-ring (bicyclic) bond motifs is 1. The van der Waals surface area contributed by atoms with Crippen LogP contribution in [0.4, 0.5) is 5.69 Å². The second kappa shape index (κ2) is 12.9. The van der Waals surface area contributed by atoms with E-state index in [0.29, 0.717) is 17.9 Å². The quantitative estimate of drug-likeness (QED) is 0.359. The number of hydrogen-bond donors (Lipinski definition) is 1. The van der Waals surface area contributed by atoms with Gasteiger partial charge in [-0.05, 0) is 43.0 Å². The Morgan fingerprint density at radius 2 is 1.62 bits per heavy atom. The first kappa shape index (κ1) is 29.4. The molecule has 2 aliphatic rings. The molecule has 222 valence electrons. The van der Waals surface area contributed by atoms with Crippen molar-refractivity contribution < 1.29 is 27.5 Å². The fourth-order valence-electron chi connectivity index (χ4n) is 5.47. The maximum Gasteiger partial charge on any atom is 0.244 e. The summed E-state index contributed by atoms with van der Waals surface area (Å²) in [5.74, 6) is 0.190. The van der Waals surface area contributed by atoms with Gasteiger partial charge in [0, 0.05) is 25.1 Å². The molecule has 5 rings (SSSR count). The van der Waals surface area contributed by atoms with Crippen LogP contribution >= 0.6 is 0 Å². The van der Waals surface area contributed by atoms with Crippen molar-refractivity contribution in [1.29, 1.82) is 0 Å². The molecule has 0 bridgehead atoms. The van der Waals surface area contributed by atoms with Crippen molar-refractivity contribution in [3.63, 3.8) is 0 Å². The van der Waals surface area contributed by atoms with E-state index in [-0.39, 0.29) is 31.0 Å². The maximum absolute atomic E-state index is 14.2. The highest BCUT2D eigenvalue weighted by Crippen LogP contribution is 2.36. The molecular weight excluding hydrogens is 554 g/mol. The van der Waals surface area contributed by atoms with Crippen LogP contribution in [0.1, 0.15) is 42.4 Å². The van der Waals surface area contributed by atoms with Gasteiger partial charge in [-0.25, -0.2) is 8.42 Å². The fourth-order valence-corrected chi connectivity index (χ4v) is 6.31. The molecule has 1 atom stereocenters. The summed E-state index contributed by atoms with van der Waals surface area (Å²) >= 11 is 0. The van der Waals surface area contributed by atoms with Gasteiger partial charge in [0.2, 0.25) is 28.6 Å². The van der Waals surface area contributed by atoms with Gasteiger partial charge in [-0.3, -0.25) is 13.9 Å². The number of anilines is 1. The van der Waals surface area contributed by atoms with E-state index < -0.39 is 28.5 Å². The van der Waals surface area contributed by atoms with Gasteiger partial charge in [0.15, 0.2) is 11.5 Å². The van der Waals surface area contributed by atoms with Crippen molar-refractivity contribution in [1.82, 2.24) is 10.2 Å². The number of amides is 2. The summed E-state index contributed by atoms with van der Waals surface area (Å²) in [5, 5.41) is 3.18. The fraction of sp³-hybridized carbons (Fsp3) is 0.375. The number of carbonyl (C=O) groups is 2. The minimum atomic E-state index is -3.88. The predicted octanol–water partition coefficient (Wildman–Crippen LogP) is 4.19. The number of aryl methyl sites for hydroxylation is 1. The van der Waals surface area contributed by atoms with Crippen molar-refractivity contribution in [3.8, 4) is 11.5 Å². The minimum Gasteiger partial charge on any atom is -0.454 e. The van der Waals surface area contributed by atoms with Gasteiger partial charge in [-0.1, -0.05) is 73.0 Å². The van der Waals surface area contributed by atoms with E-state index in [4.69, 9.17) is 9.47 Å². The molecule has 3 aromatic rings. The highest BCUT2D eigenvalue weighted by Gasteiger charge is 2.34. The van der Waals surface area contributed by atoms with Gasteiger partial charge in [0.25, 0.3) is 0 Å². The summed E-state index contributed by atoms with van der Waals surface area (Å²) in [6.45, 7) is 1.69. The molecule has 1 aliphatic heterocycles. The van der Waals surface area contributed by atoms with Gasteiger partial charge in [-0.15, -0.1) is 0 Å². The zero-order chi connectivity index (χ0) is 29.7. The van der Waals surface area contributed by atoms with Gasteiger partial charge < -0.3 is 19.7 Å². The van der Waals surface area contributed by atoms with Crippen molar-refractivity contribution >= 4 is 27.5 Å². The van der Waals surface area contributed by atoms with E-state index in [1.54, 1.807) is 18.2 Å². The molecule has 0 aromatic heterocycles. The lowest BCUT2D eigenvalue weighted by Crippen LogP contribution is -2.54. The van der Waals surface area contributed by atoms with Crippen LogP contribution in [0, 0.1) is 6.92 Å². The van der Waals surface area contributed by atoms with Crippen LogP contribution in [0.15, 0.2) is 72.8 Å². The molecule has 0 spiro atoms. The summed E-state index contributed by atoms with van der Waals surface area (Å²) in [6.07, 6.45) is 5.27. The average molecular weight is 592 g/mol. The van der Waals surface area contributed by atoms with Crippen LogP contribution in [-0.2, 0) is 32.6 Å². The first-order valence-electron chi connectivity index (χ1n) is 14.2. The van der Waals surface area contributed by atoms with E-state index in [1.165, 1.54) is 4.90 Å².